The molecule has 1 amide bonds. The molecule has 1 aliphatic heterocycles. The number of hydrogen-bond acceptors (Lipinski definition) is 8. The molecular weight excluding hydrogens is 478 g/mol. The molecule has 9 nitrogen and oxygen atoms in total. The lowest BCUT2D eigenvalue weighted by molar-refractivity contribution is -0.117. The van der Waals surface area contributed by atoms with Crippen molar-refractivity contribution in [1.82, 2.24) is 24.8 Å². The zero-order chi connectivity index (χ0) is 26.3. The average Bonchev–Trinajstić information content (AvgIpc) is 2.97. The van der Waals surface area contributed by atoms with E-state index in [2.05, 4.69) is 53.6 Å². The van der Waals surface area contributed by atoms with E-state index in [0.29, 0.717) is 12.5 Å². The van der Waals surface area contributed by atoms with Gasteiger partial charge in [0.25, 0.3) is 0 Å². The van der Waals surface area contributed by atoms with Crippen LogP contribution in [0, 0.1) is 0 Å². The van der Waals surface area contributed by atoms with Crippen molar-refractivity contribution in [1.29, 1.82) is 0 Å². The minimum absolute atomic E-state index is 0.0323. The number of anilines is 2. The van der Waals surface area contributed by atoms with Crippen LogP contribution in [-0.2, 0) is 11.2 Å². The second-order valence-corrected chi connectivity index (χ2v) is 9.40. The Hall–Kier alpha value is -4.08. The first-order valence-electron chi connectivity index (χ1n) is 12.9. The van der Waals surface area contributed by atoms with Gasteiger partial charge in [-0.2, -0.15) is 0 Å². The number of amides is 1. The van der Waals surface area contributed by atoms with Crippen LogP contribution in [0.5, 0.6) is 5.75 Å². The molecule has 1 aliphatic rings. The third-order valence-electron chi connectivity index (χ3n) is 6.91. The predicted octanol–water partition coefficient (Wildman–Crippen LogP) is 3.54. The predicted molar refractivity (Wildman–Crippen MR) is 151 cm³/mol. The lowest BCUT2D eigenvalue weighted by Gasteiger charge is -2.34. The number of nitrogens with zero attached hydrogens (tertiary/aromatic N) is 5. The number of aromatic nitrogens is 3. The lowest BCUT2D eigenvalue weighted by Crippen LogP contribution is -2.49. The average molecular weight is 512 g/mol. The quantitative estimate of drug-likeness (QED) is 0.352. The number of fused-ring (bicyclic) bond motifs is 1. The molecule has 9 heteroatoms. The third-order valence-corrected chi connectivity index (χ3v) is 6.91. The Labute approximate surface area is 222 Å². The van der Waals surface area contributed by atoms with Gasteiger partial charge in [0, 0.05) is 75.0 Å². The molecule has 196 valence electrons. The number of pyridine rings is 1. The maximum absolute atomic E-state index is 13.2. The van der Waals surface area contributed by atoms with E-state index in [1.807, 2.05) is 42.7 Å². The number of carbonyl (C=O) groups excluding carboxylic acids is 1. The number of hydrogen-bond donors (Lipinski definition) is 2. The van der Waals surface area contributed by atoms with Crippen LogP contribution < -0.4 is 15.4 Å². The Balaban J connectivity index is 1.26. The van der Waals surface area contributed by atoms with Crippen LogP contribution in [-0.4, -0.2) is 84.1 Å². The number of nitrogens with one attached hydrogen (secondary N) is 2. The van der Waals surface area contributed by atoms with Crippen molar-refractivity contribution in [2.45, 2.75) is 6.42 Å². The summed E-state index contributed by atoms with van der Waals surface area (Å²) in [5, 5.41) is 8.06. The molecule has 1 saturated heterocycles. The highest BCUT2D eigenvalue weighted by Crippen LogP contribution is 2.33. The van der Waals surface area contributed by atoms with Crippen LogP contribution in [0.2, 0.25) is 0 Å². The molecule has 38 heavy (non-hydrogen) atoms. The second kappa shape index (κ2) is 12.0. The Bertz CT molecular complexity index is 1390. The number of methoxy groups -OCH3 is 1. The van der Waals surface area contributed by atoms with Crippen molar-refractivity contribution in [3.63, 3.8) is 0 Å². The number of carbonyl (C=O) groups is 1. The zero-order valence-corrected chi connectivity index (χ0v) is 21.9. The van der Waals surface area contributed by atoms with Gasteiger partial charge in [0.2, 0.25) is 11.9 Å². The van der Waals surface area contributed by atoms with Crippen molar-refractivity contribution in [3.8, 4) is 17.0 Å². The molecule has 0 bridgehead atoms. The monoisotopic (exact) mass is 511 g/mol. The summed E-state index contributed by atoms with van der Waals surface area (Å²) >= 11 is 0. The molecule has 0 radical (unpaired) electrons. The largest absolute Gasteiger partial charge is 0.497 e. The van der Waals surface area contributed by atoms with Crippen LogP contribution in [0.3, 0.4) is 0 Å². The number of benzene rings is 2. The summed E-state index contributed by atoms with van der Waals surface area (Å²) < 4.78 is 5.45. The van der Waals surface area contributed by atoms with Gasteiger partial charge in [-0.25, -0.2) is 9.97 Å². The molecule has 1 fully saturated rings. The van der Waals surface area contributed by atoms with E-state index < -0.39 is 0 Å². The fourth-order valence-corrected chi connectivity index (χ4v) is 4.76. The molecule has 0 unspecified atom stereocenters. The highest BCUT2D eigenvalue weighted by atomic mass is 16.5. The first kappa shape index (κ1) is 25.6. The van der Waals surface area contributed by atoms with E-state index in [-0.39, 0.29) is 5.91 Å². The molecule has 0 saturated carbocycles. The van der Waals surface area contributed by atoms with Crippen LogP contribution >= 0.6 is 0 Å². The SMILES string of the molecule is CNc1nccc(-c2cc(NC(=O)CN3CCN(CCc4ccncc4)CC3)c3cc(OC)ccc3c2)n1. The summed E-state index contributed by atoms with van der Waals surface area (Å²) in [4.78, 5) is 30.7. The molecule has 3 heterocycles. The van der Waals surface area contributed by atoms with Crippen LogP contribution in [0.1, 0.15) is 5.56 Å². The Morgan fingerprint density at radius 3 is 2.53 bits per heavy atom. The minimum Gasteiger partial charge on any atom is -0.497 e. The van der Waals surface area contributed by atoms with Crippen LogP contribution in [0.25, 0.3) is 22.0 Å². The van der Waals surface area contributed by atoms with Crippen LogP contribution in [0.15, 0.2) is 67.1 Å². The molecule has 0 atom stereocenters. The normalized spacial score (nSPS) is 14.4. The van der Waals surface area contributed by atoms with Crippen molar-refractivity contribution >= 4 is 28.3 Å². The number of rotatable bonds is 9. The van der Waals surface area contributed by atoms with Crippen molar-refractivity contribution in [2.75, 3.05) is 64.1 Å². The standard InChI is InChI=1S/C29H33N7O2/c1-30-29-32-11-7-26(34-29)23-17-22-3-4-24(38-2)19-25(22)27(18-23)33-28(37)20-36-15-13-35(14-16-36)12-8-21-5-9-31-10-6-21/h3-7,9-11,17-19H,8,12-16,20H2,1-2H3,(H,33,37)(H,30,32,34). The van der Waals surface area contributed by atoms with Crippen molar-refractivity contribution in [2.24, 2.45) is 0 Å². The van der Waals surface area contributed by atoms with Gasteiger partial charge in [0.15, 0.2) is 0 Å². The van der Waals surface area contributed by atoms with Gasteiger partial charge >= 0.3 is 0 Å². The summed E-state index contributed by atoms with van der Waals surface area (Å²) in [5.41, 5.74) is 3.72. The highest BCUT2D eigenvalue weighted by Gasteiger charge is 2.20. The maximum atomic E-state index is 13.2. The van der Waals surface area contributed by atoms with Gasteiger partial charge in [-0.15, -0.1) is 0 Å². The zero-order valence-electron chi connectivity index (χ0n) is 21.9. The Morgan fingerprint density at radius 2 is 1.76 bits per heavy atom. The molecule has 0 spiro atoms. The van der Waals surface area contributed by atoms with E-state index in [1.54, 1.807) is 20.4 Å². The van der Waals surface area contributed by atoms with Crippen molar-refractivity contribution < 1.29 is 9.53 Å². The molecule has 4 aromatic rings. The molecule has 5 rings (SSSR count). The molecule has 2 aromatic heterocycles. The highest BCUT2D eigenvalue weighted by molar-refractivity contribution is 6.05. The fourth-order valence-electron chi connectivity index (χ4n) is 4.76. The number of piperazine rings is 1. The van der Waals surface area contributed by atoms with E-state index in [9.17, 15) is 4.79 Å². The van der Waals surface area contributed by atoms with Gasteiger partial charge in [-0.1, -0.05) is 6.07 Å². The maximum Gasteiger partial charge on any atom is 0.238 e. The molecule has 0 aliphatic carbocycles. The first-order chi connectivity index (χ1) is 18.6. The Morgan fingerprint density at radius 1 is 0.974 bits per heavy atom. The van der Waals surface area contributed by atoms with Gasteiger partial charge in [0.1, 0.15) is 5.75 Å². The van der Waals surface area contributed by atoms with Gasteiger partial charge in [-0.05, 0) is 59.8 Å². The Kier molecular flexibility index (Phi) is 8.06. The second-order valence-electron chi connectivity index (χ2n) is 9.40. The summed E-state index contributed by atoms with van der Waals surface area (Å²) in [6.45, 7) is 5.01. The van der Waals surface area contributed by atoms with E-state index in [0.717, 1.165) is 72.6 Å². The molecule has 2 aromatic carbocycles. The summed E-state index contributed by atoms with van der Waals surface area (Å²) in [6, 6.07) is 15.9. The van der Waals surface area contributed by atoms with Gasteiger partial charge < -0.3 is 20.3 Å². The summed E-state index contributed by atoms with van der Waals surface area (Å²) in [5.74, 6) is 1.25. The number of ether oxygens (including phenoxy) is 1. The fraction of sp³-hybridized carbons (Fsp3) is 0.310. The minimum atomic E-state index is -0.0323. The van der Waals surface area contributed by atoms with E-state index in [4.69, 9.17) is 4.74 Å². The van der Waals surface area contributed by atoms with Crippen molar-refractivity contribution in [3.05, 3.63) is 72.7 Å². The summed E-state index contributed by atoms with van der Waals surface area (Å²) in [6.07, 6.45) is 6.42. The topological polar surface area (TPSA) is 95.5 Å². The lowest BCUT2D eigenvalue weighted by atomic mass is 10.0. The van der Waals surface area contributed by atoms with E-state index in [1.165, 1.54) is 5.56 Å². The van der Waals surface area contributed by atoms with Gasteiger partial charge in [0.05, 0.1) is 19.3 Å². The smallest absolute Gasteiger partial charge is 0.238 e. The molecule has 2 N–H and O–H groups in total. The summed E-state index contributed by atoms with van der Waals surface area (Å²) in [7, 11) is 3.43. The molecular formula is C29H33N7O2. The van der Waals surface area contributed by atoms with Crippen LogP contribution in [0.4, 0.5) is 11.6 Å². The third kappa shape index (κ3) is 6.24. The first-order valence-corrected chi connectivity index (χ1v) is 12.9. The van der Waals surface area contributed by atoms with Gasteiger partial charge in [-0.3, -0.25) is 14.7 Å². The van der Waals surface area contributed by atoms with E-state index >= 15 is 0 Å².